The van der Waals surface area contributed by atoms with Gasteiger partial charge >= 0.3 is 6.03 Å². The molecule has 138 valence electrons. The van der Waals surface area contributed by atoms with Crippen molar-refractivity contribution in [2.24, 2.45) is 0 Å². The number of anilines is 2. The van der Waals surface area contributed by atoms with E-state index >= 15 is 0 Å². The number of carbonyl (C=O) groups is 1. The fourth-order valence-electron chi connectivity index (χ4n) is 4.00. The number of fused-ring (bicyclic) bond motifs is 1. The van der Waals surface area contributed by atoms with Gasteiger partial charge in [-0.05, 0) is 55.4 Å². The van der Waals surface area contributed by atoms with Gasteiger partial charge in [0.1, 0.15) is 0 Å². The molecule has 0 radical (unpaired) electrons. The molecule has 2 aromatic rings. The molecule has 1 aromatic heterocycles. The number of aryl methyl sites for hydroxylation is 1. The van der Waals surface area contributed by atoms with Crippen molar-refractivity contribution >= 4 is 17.4 Å². The molecule has 0 saturated carbocycles. The minimum absolute atomic E-state index is 0.00769. The molecule has 1 aromatic carbocycles. The van der Waals surface area contributed by atoms with Gasteiger partial charge in [0.2, 0.25) is 0 Å². The number of nitrogens with one attached hydrogen (secondary N) is 1. The van der Waals surface area contributed by atoms with Crippen molar-refractivity contribution in [2.75, 3.05) is 36.9 Å². The average molecular weight is 353 g/mol. The first-order valence-electron chi connectivity index (χ1n) is 9.56. The van der Waals surface area contributed by atoms with Crippen LogP contribution in [0.1, 0.15) is 36.8 Å². The summed E-state index contributed by atoms with van der Waals surface area (Å²) in [7, 11) is 2.10. The van der Waals surface area contributed by atoms with Gasteiger partial charge in [-0.2, -0.15) is 5.10 Å². The van der Waals surface area contributed by atoms with Crippen LogP contribution in [0.4, 0.5) is 16.2 Å². The van der Waals surface area contributed by atoms with Gasteiger partial charge in [-0.25, -0.2) is 4.79 Å². The number of urea groups is 1. The maximum absolute atomic E-state index is 12.6. The lowest BCUT2D eigenvalue weighted by atomic mass is 9.92. The van der Waals surface area contributed by atoms with Crippen LogP contribution in [-0.2, 0) is 13.0 Å². The lowest BCUT2D eigenvalue weighted by molar-refractivity contribution is 0.194. The summed E-state index contributed by atoms with van der Waals surface area (Å²) in [5, 5.41) is 7.45. The van der Waals surface area contributed by atoms with E-state index in [0.29, 0.717) is 5.92 Å². The topological polar surface area (TPSA) is 53.4 Å². The number of nitrogens with zero attached hydrogens (tertiary/aromatic N) is 4. The molecule has 0 unspecified atom stereocenters. The molecule has 6 nitrogen and oxygen atoms in total. The Kier molecular flexibility index (Phi) is 4.57. The molecule has 1 saturated heterocycles. The van der Waals surface area contributed by atoms with E-state index < -0.39 is 0 Å². The third-order valence-electron chi connectivity index (χ3n) is 5.70. The number of rotatable bonds is 3. The SMILES string of the molecule is CCn1cc(C2CCN(C(=O)Nc3ccc4c(c3)N(C)CC4)CC2)cn1. The Morgan fingerprint density at radius 3 is 2.81 bits per heavy atom. The first-order chi connectivity index (χ1) is 12.6. The molecule has 2 aliphatic heterocycles. The highest BCUT2D eigenvalue weighted by Crippen LogP contribution is 2.31. The highest BCUT2D eigenvalue weighted by molar-refractivity contribution is 5.90. The Bertz CT molecular complexity index is 791. The number of hydrogen-bond donors (Lipinski definition) is 1. The van der Waals surface area contributed by atoms with E-state index in [4.69, 9.17) is 0 Å². The van der Waals surface area contributed by atoms with Gasteiger partial charge in [-0.1, -0.05) is 6.07 Å². The molecule has 0 bridgehead atoms. The number of carbonyl (C=O) groups excluding carboxylic acids is 1. The van der Waals surface area contributed by atoms with E-state index in [9.17, 15) is 4.79 Å². The molecule has 2 amide bonds. The van der Waals surface area contributed by atoms with Crippen molar-refractivity contribution in [2.45, 2.75) is 38.6 Å². The Hall–Kier alpha value is -2.50. The molecule has 1 N–H and O–H groups in total. The van der Waals surface area contributed by atoms with E-state index in [0.717, 1.165) is 51.1 Å². The maximum atomic E-state index is 12.6. The highest BCUT2D eigenvalue weighted by atomic mass is 16.2. The van der Waals surface area contributed by atoms with Crippen molar-refractivity contribution in [3.8, 4) is 0 Å². The van der Waals surface area contributed by atoms with Crippen molar-refractivity contribution in [3.05, 3.63) is 41.7 Å². The predicted octanol–water partition coefficient (Wildman–Crippen LogP) is 3.31. The monoisotopic (exact) mass is 353 g/mol. The third kappa shape index (κ3) is 3.28. The third-order valence-corrected chi connectivity index (χ3v) is 5.70. The molecule has 1 fully saturated rings. The van der Waals surface area contributed by atoms with Crippen LogP contribution in [-0.4, -0.2) is 47.4 Å². The van der Waals surface area contributed by atoms with Gasteiger partial charge in [-0.15, -0.1) is 0 Å². The number of amides is 2. The summed E-state index contributed by atoms with van der Waals surface area (Å²) in [6, 6.07) is 6.24. The van der Waals surface area contributed by atoms with Gasteiger partial charge in [-0.3, -0.25) is 4.68 Å². The second-order valence-electron chi connectivity index (χ2n) is 7.34. The largest absolute Gasteiger partial charge is 0.374 e. The van der Waals surface area contributed by atoms with Gasteiger partial charge in [0, 0.05) is 50.8 Å². The molecular formula is C20H27N5O. The molecule has 0 aliphatic carbocycles. The molecule has 6 heteroatoms. The average Bonchev–Trinajstić information content (AvgIpc) is 3.29. The molecule has 4 rings (SSSR count). The van der Waals surface area contributed by atoms with E-state index in [1.807, 2.05) is 21.8 Å². The number of piperidine rings is 1. The summed E-state index contributed by atoms with van der Waals surface area (Å²) in [5.74, 6) is 0.507. The quantitative estimate of drug-likeness (QED) is 0.921. The first-order valence-corrected chi connectivity index (χ1v) is 9.56. The van der Waals surface area contributed by atoms with Gasteiger partial charge in [0.05, 0.1) is 6.20 Å². The summed E-state index contributed by atoms with van der Waals surface area (Å²) in [6.45, 7) is 5.63. The summed E-state index contributed by atoms with van der Waals surface area (Å²) in [5.41, 5.74) is 4.77. The highest BCUT2D eigenvalue weighted by Gasteiger charge is 2.25. The number of benzene rings is 1. The van der Waals surface area contributed by atoms with Crippen LogP contribution in [0.25, 0.3) is 0 Å². The summed E-state index contributed by atoms with van der Waals surface area (Å²) in [6.07, 6.45) is 7.19. The standard InChI is InChI=1S/C20H27N5O/c1-3-25-14-17(13-21-25)15-7-10-24(11-8-15)20(26)22-18-5-4-16-6-9-23(2)19(16)12-18/h4-5,12-15H,3,6-11H2,1-2H3,(H,22,26). The molecule has 3 heterocycles. The normalized spacial score (nSPS) is 17.5. The van der Waals surface area contributed by atoms with Crippen molar-refractivity contribution in [3.63, 3.8) is 0 Å². The Balaban J connectivity index is 1.34. The van der Waals surface area contributed by atoms with Crippen molar-refractivity contribution in [1.82, 2.24) is 14.7 Å². The van der Waals surface area contributed by atoms with Crippen molar-refractivity contribution < 1.29 is 4.79 Å². The molecule has 2 aliphatic rings. The minimum Gasteiger partial charge on any atom is -0.374 e. The lowest BCUT2D eigenvalue weighted by Gasteiger charge is -2.31. The van der Waals surface area contributed by atoms with Gasteiger partial charge in [0.15, 0.2) is 0 Å². The zero-order chi connectivity index (χ0) is 18.1. The Morgan fingerprint density at radius 2 is 2.08 bits per heavy atom. The second-order valence-corrected chi connectivity index (χ2v) is 7.34. The summed E-state index contributed by atoms with van der Waals surface area (Å²) in [4.78, 5) is 16.8. The Labute approximate surface area is 154 Å². The fourth-order valence-corrected chi connectivity index (χ4v) is 4.00. The molecule has 26 heavy (non-hydrogen) atoms. The van der Waals surface area contributed by atoms with E-state index in [2.05, 4.69) is 47.6 Å². The molecule has 0 spiro atoms. The number of aromatic nitrogens is 2. The lowest BCUT2D eigenvalue weighted by Crippen LogP contribution is -2.40. The smallest absolute Gasteiger partial charge is 0.321 e. The van der Waals surface area contributed by atoms with Crippen LogP contribution < -0.4 is 10.2 Å². The number of likely N-dealkylation sites (N-methyl/N-ethyl adjacent to an activating group) is 1. The van der Waals surface area contributed by atoms with Crippen LogP contribution in [0.3, 0.4) is 0 Å². The predicted molar refractivity (Wildman–Crippen MR) is 104 cm³/mol. The van der Waals surface area contributed by atoms with Crippen LogP contribution in [0.15, 0.2) is 30.6 Å². The van der Waals surface area contributed by atoms with E-state index in [-0.39, 0.29) is 6.03 Å². The second kappa shape index (κ2) is 7.02. The van der Waals surface area contributed by atoms with Crippen molar-refractivity contribution in [1.29, 1.82) is 0 Å². The molecular weight excluding hydrogens is 326 g/mol. The number of likely N-dealkylation sites (tertiary alicyclic amines) is 1. The minimum atomic E-state index is 0.00769. The van der Waals surface area contributed by atoms with E-state index in [1.165, 1.54) is 16.8 Å². The Morgan fingerprint density at radius 1 is 1.27 bits per heavy atom. The van der Waals surface area contributed by atoms with Gasteiger partial charge < -0.3 is 15.1 Å². The van der Waals surface area contributed by atoms with Crippen LogP contribution in [0, 0.1) is 0 Å². The first kappa shape index (κ1) is 16.9. The molecule has 0 atom stereocenters. The summed E-state index contributed by atoms with van der Waals surface area (Å²) >= 11 is 0. The fraction of sp³-hybridized carbons (Fsp3) is 0.500. The van der Waals surface area contributed by atoms with Crippen LogP contribution in [0.5, 0.6) is 0 Å². The van der Waals surface area contributed by atoms with E-state index in [1.54, 1.807) is 0 Å². The zero-order valence-electron chi connectivity index (χ0n) is 15.6. The van der Waals surface area contributed by atoms with Crippen LogP contribution in [0.2, 0.25) is 0 Å². The van der Waals surface area contributed by atoms with Crippen LogP contribution >= 0.6 is 0 Å². The number of hydrogen-bond acceptors (Lipinski definition) is 3. The van der Waals surface area contributed by atoms with Gasteiger partial charge in [0.25, 0.3) is 0 Å². The maximum Gasteiger partial charge on any atom is 0.321 e. The zero-order valence-corrected chi connectivity index (χ0v) is 15.6. The summed E-state index contributed by atoms with van der Waals surface area (Å²) < 4.78 is 1.97.